The lowest BCUT2D eigenvalue weighted by Crippen LogP contribution is -2.30. The summed E-state index contributed by atoms with van der Waals surface area (Å²) in [7, 11) is 0. The van der Waals surface area contributed by atoms with Crippen molar-refractivity contribution >= 4 is 17.7 Å². The Morgan fingerprint density at radius 2 is 1.85 bits per heavy atom. The average molecular weight is 460 g/mol. The van der Waals surface area contributed by atoms with Crippen molar-refractivity contribution in [1.82, 2.24) is 25.1 Å². The van der Waals surface area contributed by atoms with Crippen LogP contribution in [0.25, 0.3) is 11.4 Å². The fraction of sp³-hybridized carbons (Fsp3) is 0.200. The van der Waals surface area contributed by atoms with Crippen LogP contribution in [-0.2, 0) is 11.3 Å². The molecule has 5 rings (SSSR count). The molecule has 2 heterocycles. The molecular weight excluding hydrogens is 437 g/mol. The monoisotopic (exact) mass is 459 g/mol. The van der Waals surface area contributed by atoms with Crippen LogP contribution < -0.4 is 5.32 Å². The molecule has 0 spiro atoms. The van der Waals surface area contributed by atoms with Gasteiger partial charge in [-0.25, -0.2) is 4.39 Å². The number of aromatic nitrogens is 4. The molecule has 0 bridgehead atoms. The first-order valence-electron chi connectivity index (χ1n) is 10.8. The second-order valence-electron chi connectivity index (χ2n) is 7.95. The van der Waals surface area contributed by atoms with Gasteiger partial charge in [-0.05, 0) is 48.2 Å². The van der Waals surface area contributed by atoms with Crippen LogP contribution in [0.15, 0.2) is 84.3 Å². The lowest BCUT2D eigenvalue weighted by atomic mass is 10.1. The van der Waals surface area contributed by atoms with Crippen molar-refractivity contribution in [2.24, 2.45) is 0 Å². The van der Waals surface area contributed by atoms with E-state index in [9.17, 15) is 9.18 Å². The summed E-state index contributed by atoms with van der Waals surface area (Å²) in [6.45, 7) is 0.542. The first-order valence-corrected chi connectivity index (χ1v) is 11.7. The van der Waals surface area contributed by atoms with Crippen molar-refractivity contribution in [2.75, 3.05) is 0 Å². The van der Waals surface area contributed by atoms with E-state index < -0.39 is 5.25 Å². The van der Waals surface area contributed by atoms with Crippen molar-refractivity contribution in [2.45, 2.75) is 35.8 Å². The van der Waals surface area contributed by atoms with E-state index in [0.29, 0.717) is 17.5 Å². The van der Waals surface area contributed by atoms with Crippen molar-refractivity contribution in [1.29, 1.82) is 0 Å². The highest BCUT2D eigenvalue weighted by Gasteiger charge is 2.31. The molecule has 33 heavy (non-hydrogen) atoms. The van der Waals surface area contributed by atoms with Gasteiger partial charge in [0.15, 0.2) is 11.0 Å². The molecule has 1 unspecified atom stereocenters. The molecule has 2 aromatic carbocycles. The van der Waals surface area contributed by atoms with Crippen molar-refractivity contribution < 1.29 is 9.18 Å². The Kier molecular flexibility index (Phi) is 6.17. The molecule has 1 aliphatic carbocycles. The van der Waals surface area contributed by atoms with Crippen LogP contribution in [0.3, 0.4) is 0 Å². The molecular formula is C25H22FN5OS. The van der Waals surface area contributed by atoms with E-state index >= 15 is 0 Å². The molecule has 6 nitrogen and oxygen atoms in total. The van der Waals surface area contributed by atoms with Gasteiger partial charge in [0.25, 0.3) is 0 Å². The highest BCUT2D eigenvalue weighted by Crippen LogP contribution is 2.37. The Bertz CT molecular complexity index is 1230. The second kappa shape index (κ2) is 9.54. The molecule has 1 fully saturated rings. The van der Waals surface area contributed by atoms with Crippen LogP contribution >= 0.6 is 11.8 Å². The maximum absolute atomic E-state index is 13.6. The number of carbonyl (C=O) groups is 1. The van der Waals surface area contributed by atoms with Crippen LogP contribution in [0.4, 0.5) is 4.39 Å². The summed E-state index contributed by atoms with van der Waals surface area (Å²) in [5, 5.41) is 12.0. The number of hydrogen-bond donors (Lipinski definition) is 1. The molecule has 1 saturated carbocycles. The standard InChI is InChI=1S/C25H22FN5OS/c26-20-10-8-18(9-11-20)22(24(32)28-21-12-13-21)33-25-30-29-23(19-7-4-14-27-15-19)31(25)16-17-5-2-1-3-6-17/h1-11,14-15,21-22H,12-13,16H2,(H,28,32). The van der Waals surface area contributed by atoms with Gasteiger partial charge in [0.05, 0.1) is 6.54 Å². The smallest absolute Gasteiger partial charge is 0.238 e. The fourth-order valence-electron chi connectivity index (χ4n) is 3.51. The number of rotatable bonds is 8. The lowest BCUT2D eigenvalue weighted by Gasteiger charge is -2.17. The zero-order chi connectivity index (χ0) is 22.6. The number of halogens is 1. The van der Waals surface area contributed by atoms with Gasteiger partial charge in [0, 0.05) is 24.0 Å². The number of nitrogens with one attached hydrogen (secondary N) is 1. The predicted octanol–water partition coefficient (Wildman–Crippen LogP) is 4.64. The molecule has 1 atom stereocenters. The summed E-state index contributed by atoms with van der Waals surface area (Å²) in [6, 6.07) is 20.1. The lowest BCUT2D eigenvalue weighted by molar-refractivity contribution is -0.120. The summed E-state index contributed by atoms with van der Waals surface area (Å²) >= 11 is 1.32. The third-order valence-electron chi connectivity index (χ3n) is 5.38. The van der Waals surface area contributed by atoms with Gasteiger partial charge in [-0.1, -0.05) is 54.2 Å². The zero-order valence-corrected chi connectivity index (χ0v) is 18.6. The third-order valence-corrected chi connectivity index (χ3v) is 6.61. The van der Waals surface area contributed by atoms with Gasteiger partial charge in [-0.3, -0.25) is 14.3 Å². The van der Waals surface area contributed by atoms with Crippen molar-refractivity contribution in [3.05, 3.63) is 96.1 Å². The van der Waals surface area contributed by atoms with E-state index in [1.807, 2.05) is 47.0 Å². The zero-order valence-electron chi connectivity index (χ0n) is 17.8. The minimum atomic E-state index is -0.577. The van der Waals surface area contributed by atoms with E-state index in [2.05, 4.69) is 20.5 Å². The van der Waals surface area contributed by atoms with Crippen LogP contribution in [0, 0.1) is 5.82 Å². The van der Waals surface area contributed by atoms with Gasteiger partial charge >= 0.3 is 0 Å². The van der Waals surface area contributed by atoms with Gasteiger partial charge in [0.2, 0.25) is 5.91 Å². The van der Waals surface area contributed by atoms with Crippen LogP contribution in [0.5, 0.6) is 0 Å². The number of nitrogens with zero attached hydrogens (tertiary/aromatic N) is 4. The predicted molar refractivity (Wildman–Crippen MR) is 125 cm³/mol. The Hall–Kier alpha value is -3.52. The third kappa shape index (κ3) is 5.12. The molecule has 0 radical (unpaired) electrons. The molecule has 1 N–H and O–H groups in total. The van der Waals surface area contributed by atoms with Crippen molar-refractivity contribution in [3.8, 4) is 11.4 Å². The van der Waals surface area contributed by atoms with E-state index in [-0.39, 0.29) is 17.8 Å². The minimum Gasteiger partial charge on any atom is -0.352 e. The molecule has 4 aromatic rings. The Balaban J connectivity index is 1.52. The number of benzene rings is 2. The van der Waals surface area contributed by atoms with Gasteiger partial charge in [0.1, 0.15) is 11.1 Å². The number of amides is 1. The van der Waals surface area contributed by atoms with E-state index in [1.165, 1.54) is 23.9 Å². The molecule has 166 valence electrons. The van der Waals surface area contributed by atoms with Crippen LogP contribution in [0.1, 0.15) is 29.2 Å². The number of carbonyl (C=O) groups excluding carboxylic acids is 1. The number of thioether (sulfide) groups is 1. The molecule has 8 heteroatoms. The highest BCUT2D eigenvalue weighted by atomic mass is 32.2. The van der Waals surface area contributed by atoms with Crippen molar-refractivity contribution in [3.63, 3.8) is 0 Å². The van der Waals surface area contributed by atoms with Gasteiger partial charge < -0.3 is 5.32 Å². The first-order chi connectivity index (χ1) is 16.2. The number of pyridine rings is 1. The highest BCUT2D eigenvalue weighted by molar-refractivity contribution is 8.00. The fourth-order valence-corrected chi connectivity index (χ4v) is 4.56. The Morgan fingerprint density at radius 3 is 2.55 bits per heavy atom. The maximum atomic E-state index is 13.6. The number of hydrogen-bond acceptors (Lipinski definition) is 5. The largest absolute Gasteiger partial charge is 0.352 e. The average Bonchev–Trinajstić information content (AvgIpc) is 3.58. The summed E-state index contributed by atoms with van der Waals surface area (Å²) in [5.41, 5.74) is 2.65. The second-order valence-corrected chi connectivity index (χ2v) is 9.02. The topological polar surface area (TPSA) is 72.7 Å². The van der Waals surface area contributed by atoms with E-state index in [4.69, 9.17) is 0 Å². The first kappa shape index (κ1) is 21.3. The minimum absolute atomic E-state index is 0.105. The normalized spacial score (nSPS) is 14.1. The Labute approximate surface area is 195 Å². The molecule has 2 aromatic heterocycles. The summed E-state index contributed by atoms with van der Waals surface area (Å²) in [4.78, 5) is 17.4. The quantitative estimate of drug-likeness (QED) is 0.389. The summed E-state index contributed by atoms with van der Waals surface area (Å²) < 4.78 is 15.6. The summed E-state index contributed by atoms with van der Waals surface area (Å²) in [6.07, 6.45) is 5.44. The Morgan fingerprint density at radius 1 is 1.06 bits per heavy atom. The van der Waals surface area contributed by atoms with Gasteiger partial charge in [-0.2, -0.15) is 0 Å². The SMILES string of the molecule is O=C(NC1CC1)C(Sc1nnc(-c2cccnc2)n1Cc1ccccc1)c1ccc(F)cc1. The molecule has 1 amide bonds. The molecule has 0 saturated heterocycles. The van der Waals surface area contributed by atoms with Crippen LogP contribution in [0.2, 0.25) is 0 Å². The maximum Gasteiger partial charge on any atom is 0.238 e. The van der Waals surface area contributed by atoms with E-state index in [0.717, 1.165) is 29.5 Å². The van der Waals surface area contributed by atoms with Crippen LogP contribution in [-0.4, -0.2) is 31.7 Å². The molecule has 0 aliphatic heterocycles. The molecule has 1 aliphatic rings. The van der Waals surface area contributed by atoms with E-state index in [1.54, 1.807) is 24.5 Å². The summed E-state index contributed by atoms with van der Waals surface area (Å²) in [5.74, 6) is 0.234. The van der Waals surface area contributed by atoms with Gasteiger partial charge in [-0.15, -0.1) is 10.2 Å².